The fourth-order valence-electron chi connectivity index (χ4n) is 3.01. The van der Waals surface area contributed by atoms with Crippen LogP contribution in [-0.2, 0) is 15.0 Å². The molecule has 2 aromatic rings. The second-order valence-electron chi connectivity index (χ2n) is 9.93. The molecule has 0 spiro atoms. The van der Waals surface area contributed by atoms with Gasteiger partial charge in [-0.05, 0) is 60.8 Å². The molecule has 1 amide bonds. The standard InChI is InChI=1S/C23H37FN8O3/c1-22(2,3)32-14-28-16-18(30-20(24)31-19(16)32)29-15(17(25)34-7)13-26-11-9-8-10-12-27-21(33)35-23(4,5)6/h13-14H,8-12,25H2,1-7H3,(H,27,33)(H,29,30,31)/b17-15-,26-13?. The monoisotopic (exact) mass is 492 g/mol. The molecule has 0 saturated heterocycles. The van der Waals surface area contributed by atoms with E-state index in [0.29, 0.717) is 30.0 Å². The number of aliphatic imine (C=N–C) groups is 1. The summed E-state index contributed by atoms with van der Waals surface area (Å²) in [4.78, 5) is 28.1. The number of fused-ring (bicyclic) bond motifs is 1. The average Bonchev–Trinajstić information content (AvgIpc) is 3.17. The van der Waals surface area contributed by atoms with Crippen LogP contribution in [0.4, 0.5) is 15.0 Å². The van der Waals surface area contributed by atoms with Gasteiger partial charge in [-0.25, -0.2) is 9.78 Å². The van der Waals surface area contributed by atoms with Gasteiger partial charge in [-0.1, -0.05) is 0 Å². The predicted octanol–water partition coefficient (Wildman–Crippen LogP) is 3.67. The fraction of sp³-hybridized carbons (Fsp3) is 0.609. The molecule has 0 aromatic carbocycles. The van der Waals surface area contributed by atoms with Crippen molar-refractivity contribution < 1.29 is 18.7 Å². The van der Waals surface area contributed by atoms with E-state index in [1.807, 2.05) is 41.5 Å². The number of rotatable bonds is 10. The van der Waals surface area contributed by atoms with Gasteiger partial charge in [0.15, 0.2) is 17.0 Å². The average molecular weight is 493 g/mol. The maximum atomic E-state index is 14.2. The number of nitrogens with one attached hydrogen (secondary N) is 2. The zero-order valence-corrected chi connectivity index (χ0v) is 21.6. The number of carbonyl (C=O) groups excluding carboxylic acids is 1. The molecule has 0 aliphatic rings. The normalized spacial score (nSPS) is 13.1. The van der Waals surface area contributed by atoms with E-state index in [0.717, 1.165) is 19.3 Å². The smallest absolute Gasteiger partial charge is 0.407 e. The number of allylic oxidation sites excluding steroid dienone is 1. The summed E-state index contributed by atoms with van der Waals surface area (Å²) in [6.45, 7) is 12.4. The summed E-state index contributed by atoms with van der Waals surface area (Å²) in [6, 6.07) is 0. The van der Waals surface area contributed by atoms with Gasteiger partial charge in [-0.15, -0.1) is 0 Å². The van der Waals surface area contributed by atoms with E-state index in [2.05, 4.69) is 30.6 Å². The summed E-state index contributed by atoms with van der Waals surface area (Å²) in [5, 5.41) is 5.70. The van der Waals surface area contributed by atoms with Crippen molar-refractivity contribution in [2.75, 3.05) is 25.5 Å². The topological polar surface area (TPSA) is 142 Å². The second kappa shape index (κ2) is 11.8. The van der Waals surface area contributed by atoms with Crippen LogP contribution < -0.4 is 16.4 Å². The number of methoxy groups -OCH3 is 1. The lowest BCUT2D eigenvalue weighted by molar-refractivity contribution is 0.0527. The Morgan fingerprint density at radius 2 is 1.91 bits per heavy atom. The Hall–Kier alpha value is -3.44. The largest absolute Gasteiger partial charge is 0.481 e. The summed E-state index contributed by atoms with van der Waals surface area (Å²) in [5.41, 5.74) is 6.18. The Morgan fingerprint density at radius 1 is 1.20 bits per heavy atom. The number of aromatic nitrogens is 4. The van der Waals surface area contributed by atoms with E-state index in [1.165, 1.54) is 13.3 Å². The van der Waals surface area contributed by atoms with Crippen LogP contribution in [0.25, 0.3) is 11.2 Å². The van der Waals surface area contributed by atoms with Crippen molar-refractivity contribution in [1.82, 2.24) is 24.8 Å². The van der Waals surface area contributed by atoms with E-state index in [9.17, 15) is 9.18 Å². The van der Waals surface area contributed by atoms with E-state index < -0.39 is 17.8 Å². The van der Waals surface area contributed by atoms with Crippen LogP contribution in [0.3, 0.4) is 0 Å². The Morgan fingerprint density at radius 3 is 2.54 bits per heavy atom. The Balaban J connectivity index is 1.97. The zero-order valence-electron chi connectivity index (χ0n) is 21.6. The fourth-order valence-corrected chi connectivity index (χ4v) is 3.01. The third-order valence-corrected chi connectivity index (χ3v) is 4.68. The molecule has 11 nitrogen and oxygen atoms in total. The van der Waals surface area contributed by atoms with Crippen LogP contribution in [0.5, 0.6) is 0 Å². The molecule has 0 radical (unpaired) electrons. The van der Waals surface area contributed by atoms with Crippen LogP contribution in [-0.4, -0.2) is 57.6 Å². The highest BCUT2D eigenvalue weighted by Crippen LogP contribution is 2.25. The first-order chi connectivity index (χ1) is 16.3. The molecular formula is C23H37FN8O3. The summed E-state index contributed by atoms with van der Waals surface area (Å²) >= 11 is 0. The Bertz CT molecular complexity index is 1070. The van der Waals surface area contributed by atoms with Crippen LogP contribution >= 0.6 is 0 Å². The minimum Gasteiger partial charge on any atom is -0.481 e. The molecule has 35 heavy (non-hydrogen) atoms. The van der Waals surface area contributed by atoms with Gasteiger partial charge in [0, 0.05) is 18.6 Å². The SMILES string of the molecule is CO/C(N)=C(/C=NCCCCCNC(=O)OC(C)(C)C)Nc1nc(F)nc2c1ncn2C(C)(C)C. The Labute approximate surface area is 205 Å². The lowest BCUT2D eigenvalue weighted by atomic mass is 10.1. The number of halogens is 1. The van der Waals surface area contributed by atoms with Gasteiger partial charge in [0.05, 0.1) is 19.7 Å². The first kappa shape index (κ1) is 27.8. The highest BCUT2D eigenvalue weighted by Gasteiger charge is 2.21. The summed E-state index contributed by atoms with van der Waals surface area (Å²) in [5.74, 6) is 0.225. The lowest BCUT2D eigenvalue weighted by Crippen LogP contribution is -2.32. The first-order valence-electron chi connectivity index (χ1n) is 11.5. The van der Waals surface area contributed by atoms with Gasteiger partial charge in [-0.2, -0.15) is 14.4 Å². The lowest BCUT2D eigenvalue weighted by Gasteiger charge is -2.20. The molecule has 2 heterocycles. The molecular weight excluding hydrogens is 455 g/mol. The number of carbonyl (C=O) groups is 1. The summed E-state index contributed by atoms with van der Waals surface area (Å²) in [7, 11) is 1.42. The molecule has 4 N–H and O–H groups in total. The van der Waals surface area contributed by atoms with Crippen LogP contribution in [0.15, 0.2) is 22.9 Å². The molecule has 194 valence electrons. The number of nitrogens with zero attached hydrogens (tertiary/aromatic N) is 5. The minimum atomic E-state index is -0.890. The van der Waals surface area contributed by atoms with E-state index >= 15 is 0 Å². The van der Waals surface area contributed by atoms with Crippen LogP contribution in [0.1, 0.15) is 60.8 Å². The maximum absolute atomic E-state index is 14.2. The maximum Gasteiger partial charge on any atom is 0.407 e. The number of hydrogen-bond acceptors (Lipinski definition) is 9. The van der Waals surface area contributed by atoms with Gasteiger partial charge >= 0.3 is 12.2 Å². The number of unbranched alkanes of at least 4 members (excludes halogenated alkanes) is 2. The van der Waals surface area contributed by atoms with E-state index in [1.54, 1.807) is 10.9 Å². The molecule has 0 atom stereocenters. The number of imidazole rings is 1. The highest BCUT2D eigenvalue weighted by molar-refractivity contribution is 5.89. The first-order valence-corrected chi connectivity index (χ1v) is 11.5. The van der Waals surface area contributed by atoms with Gasteiger partial charge < -0.3 is 30.4 Å². The molecule has 0 unspecified atom stereocenters. The molecule has 0 saturated carbocycles. The van der Waals surface area contributed by atoms with Crippen molar-refractivity contribution in [3.8, 4) is 0 Å². The van der Waals surface area contributed by atoms with Crippen molar-refractivity contribution >= 4 is 29.3 Å². The molecule has 2 rings (SSSR count). The van der Waals surface area contributed by atoms with Crippen molar-refractivity contribution in [1.29, 1.82) is 0 Å². The van der Waals surface area contributed by atoms with Gasteiger partial charge in [-0.3, -0.25) is 4.99 Å². The van der Waals surface area contributed by atoms with E-state index in [-0.39, 0.29) is 17.2 Å². The molecule has 12 heteroatoms. The number of alkyl carbamates (subject to hydrolysis) is 1. The minimum absolute atomic E-state index is 0.0673. The van der Waals surface area contributed by atoms with E-state index in [4.69, 9.17) is 15.2 Å². The Kier molecular flexibility index (Phi) is 9.38. The number of hydrogen-bond donors (Lipinski definition) is 3. The summed E-state index contributed by atoms with van der Waals surface area (Å²) < 4.78 is 26.3. The number of amides is 1. The van der Waals surface area contributed by atoms with Crippen molar-refractivity contribution in [2.24, 2.45) is 10.7 Å². The molecule has 0 fully saturated rings. The van der Waals surface area contributed by atoms with Gasteiger partial charge in [0.25, 0.3) is 0 Å². The van der Waals surface area contributed by atoms with Gasteiger partial charge in [0.1, 0.15) is 11.3 Å². The van der Waals surface area contributed by atoms with Crippen LogP contribution in [0.2, 0.25) is 0 Å². The third kappa shape index (κ3) is 8.69. The molecule has 0 aliphatic carbocycles. The number of anilines is 1. The second-order valence-corrected chi connectivity index (χ2v) is 9.93. The zero-order chi connectivity index (χ0) is 26.2. The quantitative estimate of drug-likeness (QED) is 0.197. The number of nitrogens with two attached hydrogens (primary N) is 1. The highest BCUT2D eigenvalue weighted by atomic mass is 19.1. The predicted molar refractivity (Wildman–Crippen MR) is 134 cm³/mol. The molecule has 0 aliphatic heterocycles. The molecule has 2 aromatic heterocycles. The van der Waals surface area contributed by atoms with Crippen molar-refractivity contribution in [2.45, 2.75) is 71.9 Å². The third-order valence-electron chi connectivity index (χ3n) is 4.68. The van der Waals surface area contributed by atoms with Crippen molar-refractivity contribution in [3.05, 3.63) is 24.0 Å². The molecule has 0 bridgehead atoms. The van der Waals surface area contributed by atoms with Crippen LogP contribution in [0, 0.1) is 6.08 Å². The number of ether oxygens (including phenoxy) is 2. The van der Waals surface area contributed by atoms with Crippen molar-refractivity contribution in [3.63, 3.8) is 0 Å². The summed E-state index contributed by atoms with van der Waals surface area (Å²) in [6.07, 6.45) is 4.26. The van der Waals surface area contributed by atoms with Gasteiger partial charge in [0.2, 0.25) is 5.88 Å².